The number of ether oxygens (including phenoxy) is 1. The lowest BCUT2D eigenvalue weighted by molar-refractivity contribution is -0.0335. The lowest BCUT2D eigenvalue weighted by Gasteiger charge is -2.17. The molecule has 1 aliphatic heterocycles. The van der Waals surface area contributed by atoms with Crippen molar-refractivity contribution < 1.29 is 9.84 Å². The SMILES string of the molecule is CC1CC(CO)OC1n1ccc(NI)nc1=O. The van der Waals surface area contributed by atoms with Gasteiger partial charge < -0.3 is 13.4 Å². The number of hydrogen-bond donors (Lipinski definition) is 2. The molecule has 2 N–H and O–H groups in total. The maximum absolute atomic E-state index is 11.8. The smallest absolute Gasteiger partial charge is 0.351 e. The van der Waals surface area contributed by atoms with Gasteiger partial charge in [-0.1, -0.05) is 6.92 Å². The highest BCUT2D eigenvalue weighted by molar-refractivity contribution is 14.1. The average molecular weight is 351 g/mol. The highest BCUT2D eigenvalue weighted by Gasteiger charge is 2.33. The Labute approximate surface area is 113 Å². The zero-order valence-electron chi connectivity index (χ0n) is 9.34. The number of rotatable bonds is 3. The fraction of sp³-hybridized carbons (Fsp3) is 0.600. The van der Waals surface area contributed by atoms with Gasteiger partial charge in [-0.05, 0) is 12.5 Å². The Hall–Kier alpha value is -0.670. The van der Waals surface area contributed by atoms with E-state index in [1.54, 1.807) is 12.3 Å². The number of halogens is 1. The van der Waals surface area contributed by atoms with Crippen LogP contribution in [0.25, 0.3) is 0 Å². The molecule has 1 saturated heterocycles. The van der Waals surface area contributed by atoms with Crippen LogP contribution in [0.5, 0.6) is 0 Å². The van der Waals surface area contributed by atoms with E-state index in [1.165, 1.54) is 4.57 Å². The summed E-state index contributed by atoms with van der Waals surface area (Å²) in [7, 11) is 0. The first-order valence-corrected chi connectivity index (χ1v) is 6.45. The molecule has 1 fully saturated rings. The van der Waals surface area contributed by atoms with Gasteiger partial charge in [0, 0.05) is 12.1 Å². The van der Waals surface area contributed by atoms with E-state index >= 15 is 0 Å². The molecule has 6 nitrogen and oxygen atoms in total. The number of aromatic nitrogens is 2. The maximum Gasteiger partial charge on any atom is 0.351 e. The second kappa shape index (κ2) is 5.32. The van der Waals surface area contributed by atoms with E-state index in [1.807, 2.05) is 29.8 Å². The van der Waals surface area contributed by atoms with E-state index in [9.17, 15) is 4.79 Å². The van der Waals surface area contributed by atoms with Gasteiger partial charge in [0.1, 0.15) is 12.0 Å². The maximum atomic E-state index is 11.8. The molecule has 0 spiro atoms. The predicted molar refractivity (Wildman–Crippen MR) is 70.9 cm³/mol. The predicted octanol–water partition coefficient (Wildman–Crippen LogP) is 0.921. The van der Waals surface area contributed by atoms with E-state index in [0.29, 0.717) is 5.82 Å². The average Bonchev–Trinajstić information content (AvgIpc) is 2.70. The van der Waals surface area contributed by atoms with Crippen LogP contribution >= 0.6 is 22.9 Å². The number of anilines is 1. The molecule has 1 aromatic heterocycles. The third kappa shape index (κ3) is 2.61. The van der Waals surface area contributed by atoms with Crippen molar-refractivity contribution in [1.29, 1.82) is 0 Å². The molecule has 1 aromatic rings. The molecule has 94 valence electrons. The van der Waals surface area contributed by atoms with Crippen LogP contribution in [-0.4, -0.2) is 27.4 Å². The Morgan fingerprint density at radius 2 is 2.53 bits per heavy atom. The summed E-state index contributed by atoms with van der Waals surface area (Å²) in [6.45, 7) is 1.98. The minimum atomic E-state index is -0.345. The van der Waals surface area contributed by atoms with Gasteiger partial charge in [0.05, 0.1) is 35.6 Å². The summed E-state index contributed by atoms with van der Waals surface area (Å²) >= 11 is 1.92. The molecule has 3 unspecified atom stereocenters. The molecular formula is C10H14IN3O3. The standard InChI is InChI=1S/C10H14IN3O3/c1-6-4-7(5-15)17-9(6)14-3-2-8(13-11)12-10(14)16/h2-3,6-7,9,15H,4-5H2,1H3,(H,12,13,16). The van der Waals surface area contributed by atoms with Crippen molar-refractivity contribution >= 4 is 28.7 Å². The van der Waals surface area contributed by atoms with Gasteiger partial charge >= 0.3 is 5.69 Å². The summed E-state index contributed by atoms with van der Waals surface area (Å²) in [6.07, 6.45) is 1.89. The fourth-order valence-corrected chi connectivity index (χ4v) is 2.33. The molecule has 0 radical (unpaired) electrons. The quantitative estimate of drug-likeness (QED) is 0.626. The van der Waals surface area contributed by atoms with Gasteiger partial charge in [-0.15, -0.1) is 0 Å². The third-order valence-electron chi connectivity index (χ3n) is 2.86. The molecule has 2 rings (SSSR count). The normalized spacial score (nSPS) is 28.3. The minimum absolute atomic E-state index is 0.0175. The van der Waals surface area contributed by atoms with Gasteiger partial charge in [0.25, 0.3) is 0 Å². The third-order valence-corrected chi connectivity index (χ3v) is 3.41. The number of nitrogens with one attached hydrogen (secondary N) is 1. The van der Waals surface area contributed by atoms with Gasteiger partial charge in [-0.3, -0.25) is 4.57 Å². The first kappa shape index (κ1) is 12.8. The zero-order chi connectivity index (χ0) is 12.4. The molecule has 2 heterocycles. The van der Waals surface area contributed by atoms with E-state index in [4.69, 9.17) is 9.84 Å². The summed E-state index contributed by atoms with van der Waals surface area (Å²) in [4.78, 5) is 15.7. The molecule has 0 saturated carbocycles. The summed E-state index contributed by atoms with van der Waals surface area (Å²) < 4.78 is 9.87. The van der Waals surface area contributed by atoms with Crippen molar-refractivity contribution in [2.75, 3.05) is 10.1 Å². The number of hydrogen-bond acceptors (Lipinski definition) is 5. The van der Waals surface area contributed by atoms with Gasteiger partial charge in [0.2, 0.25) is 0 Å². The number of aliphatic hydroxyl groups is 1. The van der Waals surface area contributed by atoms with Gasteiger partial charge in [-0.25, -0.2) is 4.79 Å². The lowest BCUT2D eigenvalue weighted by Crippen LogP contribution is -2.29. The molecular weight excluding hydrogens is 337 g/mol. The van der Waals surface area contributed by atoms with E-state index in [0.717, 1.165) is 6.42 Å². The second-order valence-electron chi connectivity index (χ2n) is 4.14. The summed E-state index contributed by atoms with van der Waals surface area (Å²) in [6, 6.07) is 1.72. The first-order valence-electron chi connectivity index (χ1n) is 5.38. The summed E-state index contributed by atoms with van der Waals surface area (Å²) in [5.74, 6) is 0.710. The van der Waals surface area contributed by atoms with Crippen LogP contribution in [0.15, 0.2) is 17.1 Å². The molecule has 17 heavy (non-hydrogen) atoms. The van der Waals surface area contributed by atoms with E-state index in [2.05, 4.69) is 8.51 Å². The van der Waals surface area contributed by atoms with Crippen LogP contribution in [0.2, 0.25) is 0 Å². The summed E-state index contributed by atoms with van der Waals surface area (Å²) in [5, 5.41) is 9.06. The van der Waals surface area contributed by atoms with Crippen molar-refractivity contribution in [3.63, 3.8) is 0 Å². The number of nitrogens with zero attached hydrogens (tertiary/aromatic N) is 2. The first-order chi connectivity index (χ1) is 8.15. The van der Waals surface area contributed by atoms with Crippen molar-refractivity contribution in [2.45, 2.75) is 25.7 Å². The molecule has 7 heteroatoms. The van der Waals surface area contributed by atoms with Gasteiger partial charge in [0.15, 0.2) is 0 Å². The topological polar surface area (TPSA) is 76.4 Å². The van der Waals surface area contributed by atoms with Crippen LogP contribution in [-0.2, 0) is 4.74 Å². The Bertz CT molecular complexity index is 451. The molecule has 1 aliphatic rings. The van der Waals surface area contributed by atoms with Crippen LogP contribution in [0, 0.1) is 5.92 Å². The van der Waals surface area contributed by atoms with Crippen molar-refractivity contribution in [3.8, 4) is 0 Å². The minimum Gasteiger partial charge on any atom is -0.394 e. The Balaban J connectivity index is 2.26. The molecule has 0 aliphatic carbocycles. The van der Waals surface area contributed by atoms with Crippen molar-refractivity contribution in [2.24, 2.45) is 5.92 Å². The molecule has 0 aromatic carbocycles. The Morgan fingerprint density at radius 3 is 3.06 bits per heavy atom. The Kier molecular flexibility index (Phi) is 4.00. The van der Waals surface area contributed by atoms with Crippen molar-refractivity contribution in [3.05, 3.63) is 22.7 Å². The van der Waals surface area contributed by atoms with Crippen LogP contribution in [0.1, 0.15) is 19.6 Å². The van der Waals surface area contributed by atoms with Crippen LogP contribution in [0.4, 0.5) is 5.82 Å². The second-order valence-corrected chi connectivity index (χ2v) is 4.68. The molecule has 0 bridgehead atoms. The van der Waals surface area contributed by atoms with Gasteiger partial charge in [-0.2, -0.15) is 4.98 Å². The lowest BCUT2D eigenvalue weighted by atomic mass is 10.1. The van der Waals surface area contributed by atoms with Crippen molar-refractivity contribution in [1.82, 2.24) is 9.55 Å². The summed E-state index contributed by atoms with van der Waals surface area (Å²) in [5.41, 5.74) is -0.345. The zero-order valence-corrected chi connectivity index (χ0v) is 11.5. The highest BCUT2D eigenvalue weighted by Crippen LogP contribution is 2.32. The monoisotopic (exact) mass is 351 g/mol. The van der Waals surface area contributed by atoms with Crippen LogP contribution < -0.4 is 9.22 Å². The van der Waals surface area contributed by atoms with Crippen LogP contribution in [0.3, 0.4) is 0 Å². The highest BCUT2D eigenvalue weighted by atomic mass is 127. The largest absolute Gasteiger partial charge is 0.394 e. The molecule has 3 atom stereocenters. The number of aliphatic hydroxyl groups excluding tert-OH is 1. The Morgan fingerprint density at radius 1 is 1.76 bits per heavy atom. The molecule has 0 amide bonds. The fourth-order valence-electron chi connectivity index (χ4n) is 2.03. The van der Waals surface area contributed by atoms with E-state index in [-0.39, 0.29) is 30.5 Å². The van der Waals surface area contributed by atoms with E-state index < -0.39 is 0 Å².